The van der Waals surface area contributed by atoms with Crippen molar-refractivity contribution in [2.24, 2.45) is 0 Å². The molecule has 0 unspecified atom stereocenters. The van der Waals surface area contributed by atoms with Crippen LogP contribution in [0.1, 0.15) is 15.9 Å². The summed E-state index contributed by atoms with van der Waals surface area (Å²) in [5, 5.41) is 5.71. The van der Waals surface area contributed by atoms with Gasteiger partial charge in [0.25, 0.3) is 11.8 Å². The summed E-state index contributed by atoms with van der Waals surface area (Å²) in [6.45, 7) is 0. The topological polar surface area (TPSA) is 67.4 Å². The molecule has 3 aromatic rings. The SMILES string of the molecule is CNC(=O)/C(=C/c1cccc(Oc2ccccc2)c1)NC(=O)c1ccc(Cl)cc1. The fraction of sp³-hybridized carbons (Fsp3) is 0.0435. The molecule has 0 atom stereocenters. The normalized spacial score (nSPS) is 10.9. The molecule has 2 N–H and O–H groups in total. The highest BCUT2D eigenvalue weighted by atomic mass is 35.5. The zero-order valence-corrected chi connectivity index (χ0v) is 16.4. The van der Waals surface area contributed by atoms with Crippen LogP contribution in [0, 0.1) is 0 Å². The maximum Gasteiger partial charge on any atom is 0.267 e. The molecular weight excluding hydrogens is 388 g/mol. The number of rotatable bonds is 6. The number of amides is 2. The number of benzene rings is 3. The molecule has 0 radical (unpaired) electrons. The van der Waals surface area contributed by atoms with E-state index in [1.54, 1.807) is 36.4 Å². The Balaban J connectivity index is 1.83. The molecule has 0 fully saturated rings. The van der Waals surface area contributed by atoms with Crippen LogP contribution in [0.3, 0.4) is 0 Å². The van der Waals surface area contributed by atoms with Crippen molar-refractivity contribution >= 4 is 29.5 Å². The minimum absolute atomic E-state index is 0.115. The lowest BCUT2D eigenvalue weighted by atomic mass is 10.1. The first-order valence-corrected chi connectivity index (χ1v) is 9.26. The summed E-state index contributed by atoms with van der Waals surface area (Å²) in [6.07, 6.45) is 1.59. The van der Waals surface area contributed by atoms with Crippen molar-refractivity contribution in [1.82, 2.24) is 10.6 Å². The second kappa shape index (κ2) is 9.57. The zero-order chi connectivity index (χ0) is 20.6. The largest absolute Gasteiger partial charge is 0.457 e. The van der Waals surface area contributed by atoms with E-state index in [-0.39, 0.29) is 5.70 Å². The molecule has 146 valence electrons. The Bertz CT molecular complexity index is 1030. The van der Waals surface area contributed by atoms with Crippen molar-refractivity contribution < 1.29 is 14.3 Å². The molecule has 0 saturated heterocycles. The summed E-state index contributed by atoms with van der Waals surface area (Å²) < 4.78 is 5.82. The summed E-state index contributed by atoms with van der Waals surface area (Å²) in [6, 6.07) is 23.0. The molecule has 29 heavy (non-hydrogen) atoms. The Morgan fingerprint density at radius 2 is 1.59 bits per heavy atom. The lowest BCUT2D eigenvalue weighted by Crippen LogP contribution is -2.33. The first kappa shape index (κ1) is 20.2. The highest BCUT2D eigenvalue weighted by Crippen LogP contribution is 2.22. The number of nitrogens with one attached hydrogen (secondary N) is 2. The Morgan fingerprint density at radius 1 is 0.897 bits per heavy atom. The number of ether oxygens (including phenoxy) is 1. The zero-order valence-electron chi connectivity index (χ0n) is 15.7. The molecule has 6 heteroatoms. The fourth-order valence-electron chi connectivity index (χ4n) is 2.55. The van der Waals surface area contributed by atoms with Gasteiger partial charge in [-0.05, 0) is 60.2 Å². The quantitative estimate of drug-likeness (QED) is 0.585. The van der Waals surface area contributed by atoms with Crippen LogP contribution in [-0.4, -0.2) is 18.9 Å². The van der Waals surface area contributed by atoms with Gasteiger partial charge in [0, 0.05) is 17.6 Å². The summed E-state index contributed by atoms with van der Waals surface area (Å²) in [5.74, 6) is 0.497. The van der Waals surface area contributed by atoms with E-state index in [0.29, 0.717) is 27.6 Å². The van der Waals surface area contributed by atoms with Gasteiger partial charge in [0.05, 0.1) is 0 Å². The van der Waals surface area contributed by atoms with Crippen LogP contribution in [0.4, 0.5) is 0 Å². The van der Waals surface area contributed by atoms with Crippen LogP contribution in [0.25, 0.3) is 6.08 Å². The maximum atomic E-state index is 12.5. The molecule has 0 saturated carbocycles. The molecule has 0 aromatic heterocycles. The molecule has 3 aromatic carbocycles. The lowest BCUT2D eigenvalue weighted by Gasteiger charge is -2.10. The van der Waals surface area contributed by atoms with Crippen LogP contribution < -0.4 is 15.4 Å². The number of carbonyl (C=O) groups excluding carboxylic acids is 2. The van der Waals surface area contributed by atoms with Gasteiger partial charge in [0.15, 0.2) is 0 Å². The molecule has 0 spiro atoms. The van der Waals surface area contributed by atoms with Crippen LogP contribution in [0.5, 0.6) is 11.5 Å². The summed E-state index contributed by atoms with van der Waals surface area (Å²) in [5.41, 5.74) is 1.21. The van der Waals surface area contributed by atoms with Gasteiger partial charge in [-0.15, -0.1) is 0 Å². The van der Waals surface area contributed by atoms with Crippen molar-refractivity contribution in [2.75, 3.05) is 7.05 Å². The lowest BCUT2D eigenvalue weighted by molar-refractivity contribution is -0.117. The number of para-hydroxylation sites is 1. The average molecular weight is 407 g/mol. The van der Waals surface area contributed by atoms with Crippen molar-refractivity contribution in [3.8, 4) is 11.5 Å². The predicted molar refractivity (Wildman–Crippen MR) is 114 cm³/mol. The van der Waals surface area contributed by atoms with E-state index in [9.17, 15) is 9.59 Å². The third kappa shape index (κ3) is 5.70. The first-order valence-electron chi connectivity index (χ1n) is 8.89. The Hall–Kier alpha value is -3.57. The summed E-state index contributed by atoms with van der Waals surface area (Å²) in [4.78, 5) is 24.8. The molecule has 0 aliphatic heterocycles. The molecule has 3 rings (SSSR count). The molecule has 0 aliphatic rings. The van der Waals surface area contributed by atoms with Crippen LogP contribution in [0.15, 0.2) is 84.6 Å². The predicted octanol–water partition coefficient (Wildman–Crippen LogP) is 4.65. The number of hydrogen-bond acceptors (Lipinski definition) is 3. The highest BCUT2D eigenvalue weighted by Gasteiger charge is 2.13. The summed E-state index contributed by atoms with van der Waals surface area (Å²) in [7, 11) is 1.50. The van der Waals surface area contributed by atoms with E-state index in [0.717, 1.165) is 0 Å². The van der Waals surface area contributed by atoms with Crippen molar-refractivity contribution in [1.29, 1.82) is 0 Å². The molecule has 5 nitrogen and oxygen atoms in total. The van der Waals surface area contributed by atoms with Gasteiger partial charge in [0.1, 0.15) is 17.2 Å². The van der Waals surface area contributed by atoms with Gasteiger partial charge < -0.3 is 15.4 Å². The van der Waals surface area contributed by atoms with E-state index in [1.807, 2.05) is 48.5 Å². The molecule has 0 heterocycles. The van der Waals surface area contributed by atoms with Gasteiger partial charge in [-0.2, -0.15) is 0 Å². The monoisotopic (exact) mass is 406 g/mol. The Labute approximate surface area is 174 Å². The number of hydrogen-bond donors (Lipinski definition) is 2. The van der Waals surface area contributed by atoms with Gasteiger partial charge in [-0.25, -0.2) is 0 Å². The van der Waals surface area contributed by atoms with Crippen molar-refractivity contribution in [3.05, 3.63) is 101 Å². The molecule has 2 amide bonds. The van der Waals surface area contributed by atoms with E-state index in [1.165, 1.54) is 7.05 Å². The van der Waals surface area contributed by atoms with Crippen LogP contribution in [0.2, 0.25) is 5.02 Å². The maximum absolute atomic E-state index is 12.5. The van der Waals surface area contributed by atoms with Gasteiger partial charge in [-0.1, -0.05) is 41.9 Å². The minimum Gasteiger partial charge on any atom is -0.457 e. The second-order valence-corrected chi connectivity index (χ2v) is 6.52. The highest BCUT2D eigenvalue weighted by molar-refractivity contribution is 6.30. The third-order valence-electron chi connectivity index (χ3n) is 3.97. The van der Waals surface area contributed by atoms with Crippen molar-refractivity contribution in [2.45, 2.75) is 0 Å². The third-order valence-corrected chi connectivity index (χ3v) is 4.23. The number of halogens is 1. The molecule has 0 bridgehead atoms. The van der Waals surface area contributed by atoms with E-state index in [2.05, 4.69) is 10.6 Å². The van der Waals surface area contributed by atoms with Crippen LogP contribution in [-0.2, 0) is 4.79 Å². The summed E-state index contributed by atoms with van der Waals surface area (Å²) >= 11 is 5.86. The Kier molecular flexibility index (Phi) is 6.66. The standard InChI is InChI=1S/C23H19ClN2O3/c1-25-23(28)21(26-22(27)17-10-12-18(24)13-11-17)15-16-6-5-9-20(14-16)29-19-7-3-2-4-8-19/h2-15H,1H3,(H,25,28)(H,26,27)/b21-15-. The molecular formula is C23H19ClN2O3. The minimum atomic E-state index is -0.415. The van der Waals surface area contributed by atoms with Gasteiger partial charge in [-0.3, -0.25) is 9.59 Å². The first-order chi connectivity index (χ1) is 14.0. The van der Waals surface area contributed by atoms with Gasteiger partial charge >= 0.3 is 0 Å². The van der Waals surface area contributed by atoms with Crippen LogP contribution >= 0.6 is 11.6 Å². The molecule has 0 aliphatic carbocycles. The second-order valence-electron chi connectivity index (χ2n) is 6.09. The van der Waals surface area contributed by atoms with Gasteiger partial charge in [0.2, 0.25) is 0 Å². The smallest absolute Gasteiger partial charge is 0.267 e. The van der Waals surface area contributed by atoms with E-state index < -0.39 is 11.8 Å². The number of likely N-dealkylation sites (N-methyl/N-ethyl adjacent to an activating group) is 1. The average Bonchev–Trinajstić information content (AvgIpc) is 2.74. The van der Waals surface area contributed by atoms with E-state index >= 15 is 0 Å². The Morgan fingerprint density at radius 3 is 2.28 bits per heavy atom. The number of carbonyl (C=O) groups is 2. The van der Waals surface area contributed by atoms with Crippen molar-refractivity contribution in [3.63, 3.8) is 0 Å². The van der Waals surface area contributed by atoms with E-state index in [4.69, 9.17) is 16.3 Å². The fourth-order valence-corrected chi connectivity index (χ4v) is 2.67.